The summed E-state index contributed by atoms with van der Waals surface area (Å²) in [5, 5.41) is 1.20. The summed E-state index contributed by atoms with van der Waals surface area (Å²) in [7, 11) is 4.37. The number of hydrogen-bond acceptors (Lipinski definition) is 3. The van der Waals surface area contributed by atoms with Gasteiger partial charge in [0.2, 0.25) is 0 Å². The van der Waals surface area contributed by atoms with Crippen LogP contribution in [-0.4, -0.2) is 60.5 Å². The van der Waals surface area contributed by atoms with E-state index in [0.717, 1.165) is 37.3 Å². The lowest BCUT2D eigenvalue weighted by molar-refractivity contribution is 0.193. The summed E-state index contributed by atoms with van der Waals surface area (Å²) in [6.07, 6.45) is 11.8. The van der Waals surface area contributed by atoms with Crippen LogP contribution in [0.25, 0.3) is 0 Å². The minimum absolute atomic E-state index is 0.724. The van der Waals surface area contributed by atoms with Crippen molar-refractivity contribution in [1.29, 1.82) is 0 Å². The van der Waals surface area contributed by atoms with Crippen molar-refractivity contribution in [3.8, 4) is 0 Å². The van der Waals surface area contributed by atoms with Gasteiger partial charge in [0, 0.05) is 24.9 Å². The van der Waals surface area contributed by atoms with Gasteiger partial charge in [0.05, 0.1) is 6.54 Å². The Morgan fingerprint density at radius 3 is 2.57 bits per heavy atom. The first kappa shape index (κ1) is 16.6. The molecule has 0 N–H and O–H groups in total. The predicted octanol–water partition coefficient (Wildman–Crippen LogP) is 3.25. The molecule has 1 aliphatic carbocycles. The maximum atomic E-state index is 4.71. The number of likely N-dealkylation sites (tertiary alicyclic amines) is 1. The molecule has 4 heteroatoms. The van der Waals surface area contributed by atoms with Gasteiger partial charge in [-0.05, 0) is 45.7 Å². The quantitative estimate of drug-likeness (QED) is 0.426. The SMILES string of the molecule is C=CCN=C(SC/C=C/C1CC1)N1CCC(N(C)C)CC1. The molecule has 0 radical (unpaired) electrons. The van der Waals surface area contributed by atoms with Crippen LogP contribution in [0.4, 0.5) is 0 Å². The Morgan fingerprint density at radius 2 is 2.00 bits per heavy atom. The Kier molecular flexibility index (Phi) is 6.84. The second-order valence-electron chi connectivity index (χ2n) is 6.17. The van der Waals surface area contributed by atoms with Crippen LogP contribution >= 0.6 is 11.8 Å². The molecular formula is C17H29N3S. The van der Waals surface area contributed by atoms with Crippen molar-refractivity contribution in [1.82, 2.24) is 9.80 Å². The molecule has 2 fully saturated rings. The largest absolute Gasteiger partial charge is 0.351 e. The van der Waals surface area contributed by atoms with Crippen LogP contribution in [0, 0.1) is 5.92 Å². The Labute approximate surface area is 134 Å². The van der Waals surface area contributed by atoms with Crippen LogP contribution in [0.1, 0.15) is 25.7 Å². The molecule has 1 aliphatic heterocycles. The summed E-state index contributed by atoms with van der Waals surface area (Å²) < 4.78 is 0. The highest BCUT2D eigenvalue weighted by molar-refractivity contribution is 8.13. The zero-order valence-electron chi connectivity index (χ0n) is 13.5. The lowest BCUT2D eigenvalue weighted by atomic mass is 10.1. The first-order valence-corrected chi connectivity index (χ1v) is 9.05. The minimum atomic E-state index is 0.724. The fraction of sp³-hybridized carbons (Fsp3) is 0.706. The fourth-order valence-corrected chi connectivity index (χ4v) is 3.50. The lowest BCUT2D eigenvalue weighted by Crippen LogP contribution is -2.43. The molecule has 2 rings (SSSR count). The molecule has 118 valence electrons. The molecule has 1 heterocycles. The number of hydrogen-bond donors (Lipinski definition) is 0. The van der Waals surface area contributed by atoms with Crippen LogP contribution in [0.15, 0.2) is 29.8 Å². The maximum Gasteiger partial charge on any atom is 0.159 e. The number of rotatable bonds is 6. The summed E-state index contributed by atoms with van der Waals surface area (Å²) in [6, 6.07) is 0.724. The Balaban J connectivity index is 1.82. The zero-order valence-corrected chi connectivity index (χ0v) is 14.3. The molecule has 21 heavy (non-hydrogen) atoms. The van der Waals surface area contributed by atoms with Crippen molar-refractivity contribution in [3.05, 3.63) is 24.8 Å². The normalized spacial score (nSPS) is 21.5. The van der Waals surface area contributed by atoms with E-state index in [4.69, 9.17) is 4.99 Å². The number of piperidine rings is 1. The van der Waals surface area contributed by atoms with Crippen LogP contribution in [-0.2, 0) is 0 Å². The molecule has 3 nitrogen and oxygen atoms in total. The van der Waals surface area contributed by atoms with Gasteiger partial charge in [0.1, 0.15) is 0 Å². The maximum absolute atomic E-state index is 4.71. The van der Waals surface area contributed by atoms with Gasteiger partial charge in [0.15, 0.2) is 5.17 Å². The van der Waals surface area contributed by atoms with Crippen molar-refractivity contribution < 1.29 is 0 Å². The molecule has 0 amide bonds. The molecule has 0 bridgehead atoms. The highest BCUT2D eigenvalue weighted by Gasteiger charge is 2.22. The standard InChI is InChI=1S/C17H29N3S/c1-4-11-18-17(21-14-5-6-15-7-8-15)20-12-9-16(10-13-20)19(2)3/h4-6,15-16H,1,7-14H2,2-3H3/b6-5+,18-17?. The molecule has 2 aliphatic rings. The topological polar surface area (TPSA) is 18.8 Å². The minimum Gasteiger partial charge on any atom is -0.351 e. The van der Waals surface area contributed by atoms with Crippen LogP contribution in [0.2, 0.25) is 0 Å². The molecule has 0 aromatic carbocycles. The second-order valence-corrected chi connectivity index (χ2v) is 7.16. The number of nitrogens with zero attached hydrogens (tertiary/aromatic N) is 3. The van der Waals surface area contributed by atoms with E-state index in [2.05, 4.69) is 42.6 Å². The fourth-order valence-electron chi connectivity index (χ4n) is 2.61. The van der Waals surface area contributed by atoms with E-state index in [1.165, 1.54) is 30.9 Å². The van der Waals surface area contributed by atoms with E-state index >= 15 is 0 Å². The summed E-state index contributed by atoms with van der Waals surface area (Å²) in [5.74, 6) is 1.91. The number of amidine groups is 1. The van der Waals surface area contributed by atoms with Crippen molar-refractivity contribution >= 4 is 16.9 Å². The Morgan fingerprint density at radius 1 is 1.29 bits per heavy atom. The van der Waals surface area contributed by atoms with Gasteiger partial charge in [0.25, 0.3) is 0 Å². The van der Waals surface area contributed by atoms with Gasteiger partial charge in [-0.2, -0.15) is 0 Å². The summed E-state index contributed by atoms with van der Waals surface area (Å²) in [4.78, 5) is 9.52. The molecule has 0 unspecified atom stereocenters. The third-order valence-corrected chi connectivity index (χ3v) is 5.16. The smallest absolute Gasteiger partial charge is 0.159 e. The van der Waals surface area contributed by atoms with Crippen LogP contribution in [0.3, 0.4) is 0 Å². The van der Waals surface area contributed by atoms with Gasteiger partial charge in [-0.15, -0.1) is 6.58 Å². The van der Waals surface area contributed by atoms with Crippen molar-refractivity contribution in [2.75, 3.05) is 39.5 Å². The first-order chi connectivity index (χ1) is 10.2. The average Bonchev–Trinajstić information content (AvgIpc) is 3.31. The monoisotopic (exact) mass is 307 g/mol. The molecule has 0 aromatic rings. The van der Waals surface area contributed by atoms with E-state index in [-0.39, 0.29) is 0 Å². The number of thioether (sulfide) groups is 1. The van der Waals surface area contributed by atoms with Gasteiger partial charge in [-0.3, -0.25) is 4.99 Å². The van der Waals surface area contributed by atoms with Crippen LogP contribution < -0.4 is 0 Å². The Hall–Kier alpha value is -0.740. The highest BCUT2D eigenvalue weighted by atomic mass is 32.2. The summed E-state index contributed by atoms with van der Waals surface area (Å²) in [5.41, 5.74) is 0. The summed E-state index contributed by atoms with van der Waals surface area (Å²) >= 11 is 1.88. The average molecular weight is 308 g/mol. The molecule has 0 spiro atoms. The second kappa shape index (κ2) is 8.64. The lowest BCUT2D eigenvalue weighted by Gasteiger charge is -2.36. The van der Waals surface area contributed by atoms with Crippen LogP contribution in [0.5, 0.6) is 0 Å². The van der Waals surface area contributed by atoms with Gasteiger partial charge >= 0.3 is 0 Å². The van der Waals surface area contributed by atoms with E-state index < -0.39 is 0 Å². The molecule has 0 aromatic heterocycles. The van der Waals surface area contributed by atoms with E-state index in [9.17, 15) is 0 Å². The number of aliphatic imine (C=N–C) groups is 1. The zero-order chi connectivity index (χ0) is 15.1. The van der Waals surface area contributed by atoms with Gasteiger partial charge < -0.3 is 9.80 Å². The highest BCUT2D eigenvalue weighted by Crippen LogP contribution is 2.30. The van der Waals surface area contributed by atoms with E-state index in [1.807, 2.05) is 17.8 Å². The van der Waals surface area contributed by atoms with Gasteiger partial charge in [-0.25, -0.2) is 0 Å². The summed E-state index contributed by atoms with van der Waals surface area (Å²) in [6.45, 7) is 6.76. The van der Waals surface area contributed by atoms with Crippen molar-refractivity contribution in [3.63, 3.8) is 0 Å². The van der Waals surface area contributed by atoms with E-state index in [1.54, 1.807) is 0 Å². The first-order valence-electron chi connectivity index (χ1n) is 8.07. The molecule has 1 saturated carbocycles. The molecule has 1 saturated heterocycles. The van der Waals surface area contributed by atoms with Crippen molar-refractivity contribution in [2.45, 2.75) is 31.7 Å². The molecular weight excluding hydrogens is 278 g/mol. The number of allylic oxidation sites excluding steroid dienone is 1. The predicted molar refractivity (Wildman–Crippen MR) is 95.1 cm³/mol. The van der Waals surface area contributed by atoms with Gasteiger partial charge in [-0.1, -0.05) is 30.0 Å². The van der Waals surface area contributed by atoms with Crippen molar-refractivity contribution in [2.24, 2.45) is 10.9 Å². The third-order valence-electron chi connectivity index (χ3n) is 4.16. The van der Waals surface area contributed by atoms with E-state index in [0.29, 0.717) is 0 Å². The third kappa shape index (κ3) is 5.87. The Bertz CT molecular complexity index is 377. The molecule has 0 atom stereocenters.